The van der Waals surface area contributed by atoms with Crippen molar-refractivity contribution < 1.29 is 8.42 Å². The van der Waals surface area contributed by atoms with Crippen molar-refractivity contribution in [2.24, 2.45) is 5.92 Å². The number of nitrogens with one attached hydrogen (secondary N) is 1. The van der Waals surface area contributed by atoms with Crippen molar-refractivity contribution in [1.29, 1.82) is 0 Å². The Morgan fingerprint density at radius 2 is 2.00 bits per heavy atom. The molecule has 0 fully saturated rings. The number of hydrogen-bond donors (Lipinski definition) is 1. The van der Waals surface area contributed by atoms with Crippen molar-refractivity contribution in [3.05, 3.63) is 12.2 Å². The van der Waals surface area contributed by atoms with Gasteiger partial charge in [-0.1, -0.05) is 12.2 Å². The fourth-order valence-electron chi connectivity index (χ4n) is 1.86. The Morgan fingerprint density at radius 3 is 2.53 bits per heavy atom. The molecule has 0 bridgehead atoms. The molecule has 0 saturated heterocycles. The van der Waals surface area contributed by atoms with Crippen molar-refractivity contribution in [3.63, 3.8) is 0 Å². The van der Waals surface area contributed by atoms with Gasteiger partial charge >= 0.3 is 0 Å². The van der Waals surface area contributed by atoms with Crippen LogP contribution in [0.15, 0.2) is 12.2 Å². The Labute approximate surface area is 106 Å². The molecule has 0 radical (unpaired) electrons. The van der Waals surface area contributed by atoms with E-state index in [0.717, 1.165) is 19.4 Å². The summed E-state index contributed by atoms with van der Waals surface area (Å²) < 4.78 is 23.1. The number of sulfone groups is 1. The van der Waals surface area contributed by atoms with E-state index in [2.05, 4.69) is 17.5 Å². The average molecular weight is 259 g/mol. The lowest BCUT2D eigenvalue weighted by atomic mass is 9.94. The molecule has 0 aliphatic heterocycles. The van der Waals surface area contributed by atoms with E-state index in [1.165, 1.54) is 6.42 Å². The molecule has 0 heterocycles. The van der Waals surface area contributed by atoms with Gasteiger partial charge in [0.2, 0.25) is 0 Å². The molecular weight excluding hydrogens is 234 g/mol. The first-order valence-corrected chi connectivity index (χ1v) is 8.06. The van der Waals surface area contributed by atoms with Crippen molar-refractivity contribution in [2.75, 3.05) is 18.8 Å². The minimum absolute atomic E-state index is 0.235. The van der Waals surface area contributed by atoms with Crippen LogP contribution in [0.3, 0.4) is 0 Å². The molecule has 1 aliphatic carbocycles. The lowest BCUT2D eigenvalue weighted by Gasteiger charge is -2.21. The summed E-state index contributed by atoms with van der Waals surface area (Å²) in [4.78, 5) is 0. The van der Waals surface area contributed by atoms with E-state index in [0.29, 0.717) is 12.5 Å². The predicted octanol–water partition coefficient (Wildman–Crippen LogP) is 2.15. The first-order valence-electron chi connectivity index (χ1n) is 6.41. The molecule has 1 aliphatic rings. The minimum Gasteiger partial charge on any atom is -0.315 e. The fourth-order valence-corrected chi connectivity index (χ4v) is 2.89. The minimum atomic E-state index is -2.98. The largest absolute Gasteiger partial charge is 0.315 e. The highest BCUT2D eigenvalue weighted by atomic mass is 32.2. The summed E-state index contributed by atoms with van der Waals surface area (Å²) in [6, 6.07) is 0. The molecule has 0 amide bonds. The Morgan fingerprint density at radius 1 is 1.29 bits per heavy atom. The van der Waals surface area contributed by atoms with Gasteiger partial charge in [0.15, 0.2) is 9.84 Å². The Balaban J connectivity index is 2.22. The molecule has 4 heteroatoms. The van der Waals surface area contributed by atoms with Gasteiger partial charge in [-0.3, -0.25) is 0 Å². The van der Waals surface area contributed by atoms with Gasteiger partial charge < -0.3 is 5.32 Å². The molecule has 0 aromatic carbocycles. The number of allylic oxidation sites excluding steroid dienone is 2. The number of rotatable bonds is 5. The summed E-state index contributed by atoms with van der Waals surface area (Å²) in [5, 5.41) is 3.27. The standard InChI is InChI=1S/C13H25NO2S/c1-13(2,3)17(15,16)10-9-14-11-12-7-5-4-6-8-12/h4-5,12,14H,6-11H2,1-3H3. The van der Waals surface area contributed by atoms with E-state index in [1.807, 2.05) is 0 Å². The van der Waals surface area contributed by atoms with Crippen LogP contribution < -0.4 is 5.32 Å². The van der Waals surface area contributed by atoms with Crippen molar-refractivity contribution in [2.45, 2.75) is 44.8 Å². The smallest absolute Gasteiger partial charge is 0.156 e. The molecular formula is C13H25NO2S. The van der Waals surface area contributed by atoms with Gasteiger partial charge in [0, 0.05) is 6.54 Å². The summed E-state index contributed by atoms with van der Waals surface area (Å²) in [5.41, 5.74) is 0. The SMILES string of the molecule is CC(C)(C)S(=O)(=O)CCNCC1CC=CCC1. The van der Waals surface area contributed by atoms with Crippen molar-refractivity contribution in [1.82, 2.24) is 5.32 Å². The summed E-state index contributed by atoms with van der Waals surface area (Å²) in [6.45, 7) is 6.78. The van der Waals surface area contributed by atoms with Crippen LogP contribution in [0.25, 0.3) is 0 Å². The number of hydrogen-bond acceptors (Lipinski definition) is 3. The van der Waals surface area contributed by atoms with Crippen molar-refractivity contribution in [3.8, 4) is 0 Å². The molecule has 1 atom stereocenters. The van der Waals surface area contributed by atoms with Crippen LogP contribution in [-0.4, -0.2) is 32.0 Å². The van der Waals surface area contributed by atoms with E-state index < -0.39 is 14.6 Å². The maximum absolute atomic E-state index is 11.9. The van der Waals surface area contributed by atoms with E-state index in [1.54, 1.807) is 20.8 Å². The Kier molecular flexibility index (Phi) is 5.20. The highest BCUT2D eigenvalue weighted by Gasteiger charge is 2.28. The third-order valence-electron chi connectivity index (χ3n) is 3.29. The van der Waals surface area contributed by atoms with Gasteiger partial charge in [0.25, 0.3) is 0 Å². The zero-order chi connectivity index (χ0) is 12.9. The normalized spacial score (nSPS) is 21.7. The van der Waals surface area contributed by atoms with Crippen molar-refractivity contribution >= 4 is 9.84 Å². The van der Waals surface area contributed by atoms with E-state index in [4.69, 9.17) is 0 Å². The predicted molar refractivity (Wildman–Crippen MR) is 72.9 cm³/mol. The molecule has 17 heavy (non-hydrogen) atoms. The Hall–Kier alpha value is -0.350. The molecule has 1 N–H and O–H groups in total. The quantitative estimate of drug-likeness (QED) is 0.608. The van der Waals surface area contributed by atoms with Crippen LogP contribution >= 0.6 is 0 Å². The maximum Gasteiger partial charge on any atom is 0.156 e. The molecule has 100 valence electrons. The summed E-state index contributed by atoms with van der Waals surface area (Å²) in [7, 11) is -2.98. The van der Waals surface area contributed by atoms with Gasteiger partial charge in [0.05, 0.1) is 10.5 Å². The Bertz CT molecular complexity index is 352. The van der Waals surface area contributed by atoms with E-state index >= 15 is 0 Å². The lowest BCUT2D eigenvalue weighted by molar-refractivity contribution is 0.446. The molecule has 0 saturated carbocycles. The maximum atomic E-state index is 11.9. The van der Waals surface area contributed by atoms with Gasteiger partial charge in [-0.25, -0.2) is 8.42 Å². The zero-order valence-corrected chi connectivity index (χ0v) is 12.0. The van der Waals surface area contributed by atoms with Gasteiger partial charge in [-0.15, -0.1) is 0 Å². The first-order chi connectivity index (χ1) is 7.83. The van der Waals surface area contributed by atoms with Gasteiger partial charge in [0.1, 0.15) is 0 Å². The third-order valence-corrected chi connectivity index (χ3v) is 5.90. The summed E-state index contributed by atoms with van der Waals surface area (Å²) in [6.07, 6.45) is 7.95. The fraction of sp³-hybridized carbons (Fsp3) is 0.846. The van der Waals surface area contributed by atoms with Crippen LogP contribution in [0.5, 0.6) is 0 Å². The monoisotopic (exact) mass is 259 g/mol. The second-order valence-electron chi connectivity index (χ2n) is 5.79. The molecule has 0 aromatic heterocycles. The van der Waals surface area contributed by atoms with Crippen LogP contribution in [-0.2, 0) is 9.84 Å². The molecule has 1 unspecified atom stereocenters. The van der Waals surface area contributed by atoms with E-state index in [9.17, 15) is 8.42 Å². The van der Waals surface area contributed by atoms with Crippen LogP contribution in [0.2, 0.25) is 0 Å². The second-order valence-corrected chi connectivity index (χ2v) is 8.65. The first kappa shape index (κ1) is 14.7. The molecule has 0 spiro atoms. The third kappa shape index (κ3) is 4.80. The highest BCUT2D eigenvalue weighted by molar-refractivity contribution is 7.92. The van der Waals surface area contributed by atoms with E-state index in [-0.39, 0.29) is 5.75 Å². The molecule has 1 rings (SSSR count). The molecule has 0 aromatic rings. The average Bonchev–Trinajstić information content (AvgIpc) is 2.24. The van der Waals surface area contributed by atoms with Gasteiger partial charge in [-0.05, 0) is 52.5 Å². The summed E-state index contributed by atoms with van der Waals surface area (Å²) >= 11 is 0. The van der Waals surface area contributed by atoms with Gasteiger partial charge in [-0.2, -0.15) is 0 Å². The lowest BCUT2D eigenvalue weighted by Crippen LogP contribution is -2.36. The van der Waals surface area contributed by atoms with Crippen LogP contribution in [0.4, 0.5) is 0 Å². The topological polar surface area (TPSA) is 46.2 Å². The highest BCUT2D eigenvalue weighted by Crippen LogP contribution is 2.17. The summed E-state index contributed by atoms with van der Waals surface area (Å²) in [5.74, 6) is 0.913. The second kappa shape index (κ2) is 6.01. The van der Waals surface area contributed by atoms with Crippen LogP contribution in [0, 0.1) is 5.92 Å². The molecule has 3 nitrogen and oxygen atoms in total. The zero-order valence-electron chi connectivity index (χ0n) is 11.2. The van der Waals surface area contributed by atoms with Crippen LogP contribution in [0.1, 0.15) is 40.0 Å².